The smallest absolute Gasteiger partial charge is 0.263 e. The van der Waals surface area contributed by atoms with E-state index >= 15 is 0 Å². The molecule has 0 aliphatic carbocycles. The highest BCUT2D eigenvalue weighted by Gasteiger charge is 2.24. The van der Waals surface area contributed by atoms with Crippen molar-refractivity contribution in [2.24, 2.45) is 0 Å². The Kier molecular flexibility index (Phi) is 2.90. The minimum absolute atomic E-state index is 0.00178. The number of anilines is 1. The first-order valence-electron chi connectivity index (χ1n) is 6.70. The van der Waals surface area contributed by atoms with Crippen molar-refractivity contribution in [1.82, 2.24) is 10.3 Å². The topological polar surface area (TPSA) is 54.0 Å². The van der Waals surface area contributed by atoms with Gasteiger partial charge in [-0.05, 0) is 47.1 Å². The van der Waals surface area contributed by atoms with Gasteiger partial charge in [-0.1, -0.05) is 0 Å². The van der Waals surface area contributed by atoms with E-state index in [4.69, 9.17) is 0 Å². The summed E-state index contributed by atoms with van der Waals surface area (Å²) in [6, 6.07) is 8.14. The lowest BCUT2D eigenvalue weighted by atomic mass is 10.1. The minimum Gasteiger partial charge on any atom is -0.381 e. The van der Waals surface area contributed by atoms with Crippen molar-refractivity contribution >= 4 is 59.9 Å². The molecule has 2 N–H and O–H groups in total. The van der Waals surface area contributed by atoms with E-state index < -0.39 is 0 Å². The summed E-state index contributed by atoms with van der Waals surface area (Å²) in [5.74, 6) is 0.00178. The van der Waals surface area contributed by atoms with Crippen molar-refractivity contribution in [1.29, 1.82) is 0 Å². The van der Waals surface area contributed by atoms with Crippen LogP contribution in [0.3, 0.4) is 0 Å². The fourth-order valence-corrected chi connectivity index (χ4v) is 4.12. The molecule has 4 nitrogen and oxygen atoms in total. The van der Waals surface area contributed by atoms with Crippen LogP contribution in [0.2, 0.25) is 0 Å². The number of hydrogen-bond acceptors (Lipinski definition) is 4. The molecule has 2 aromatic heterocycles. The van der Waals surface area contributed by atoms with E-state index in [1.165, 1.54) is 11.3 Å². The average molecular weight is 362 g/mol. The van der Waals surface area contributed by atoms with Crippen molar-refractivity contribution in [3.05, 3.63) is 33.7 Å². The Morgan fingerprint density at radius 2 is 2.19 bits per heavy atom. The number of pyridine rings is 1. The van der Waals surface area contributed by atoms with Crippen molar-refractivity contribution < 1.29 is 4.79 Å². The van der Waals surface area contributed by atoms with E-state index in [9.17, 15) is 4.79 Å². The number of thiophene rings is 1. The quantitative estimate of drug-likeness (QED) is 0.599. The fourth-order valence-electron chi connectivity index (χ4n) is 2.70. The largest absolute Gasteiger partial charge is 0.381 e. The lowest BCUT2D eigenvalue weighted by Crippen LogP contribution is -2.34. The number of hydrogen-bond donors (Lipinski definition) is 2. The molecule has 1 atom stereocenters. The molecule has 6 heteroatoms. The molecule has 3 aromatic rings. The number of nitrogens with one attached hydrogen (secondary N) is 2. The van der Waals surface area contributed by atoms with E-state index in [0.717, 1.165) is 42.7 Å². The van der Waals surface area contributed by atoms with Crippen molar-refractivity contribution in [3.63, 3.8) is 0 Å². The molecule has 3 heterocycles. The highest BCUT2D eigenvalue weighted by Crippen LogP contribution is 2.40. The van der Waals surface area contributed by atoms with Gasteiger partial charge in [0.1, 0.15) is 9.48 Å². The third-order valence-corrected chi connectivity index (χ3v) is 5.25. The van der Waals surface area contributed by atoms with Gasteiger partial charge in [0.15, 0.2) is 0 Å². The molecule has 0 saturated heterocycles. The first-order valence-corrected chi connectivity index (χ1v) is 8.31. The van der Waals surface area contributed by atoms with E-state index in [0.29, 0.717) is 0 Å². The zero-order valence-electron chi connectivity index (χ0n) is 11.2. The second kappa shape index (κ2) is 4.68. The summed E-state index contributed by atoms with van der Waals surface area (Å²) in [6.45, 7) is 2.73. The SMILES string of the molecule is C[C@@H]1CNc2c(sc3ccc4nc(Br)ccc4c23)C(=O)N1. The Morgan fingerprint density at radius 3 is 3.05 bits per heavy atom. The average Bonchev–Trinajstić information content (AvgIpc) is 2.77. The number of halogens is 1. The Morgan fingerprint density at radius 1 is 1.33 bits per heavy atom. The number of rotatable bonds is 0. The number of benzene rings is 1. The lowest BCUT2D eigenvalue weighted by Gasteiger charge is -2.09. The normalized spacial score (nSPS) is 18.2. The molecule has 1 aliphatic heterocycles. The first kappa shape index (κ1) is 13.0. The zero-order valence-corrected chi connectivity index (χ0v) is 13.6. The Labute approximate surface area is 133 Å². The van der Waals surface area contributed by atoms with E-state index in [1.54, 1.807) is 0 Å². The van der Waals surface area contributed by atoms with Gasteiger partial charge in [-0.25, -0.2) is 4.98 Å². The highest BCUT2D eigenvalue weighted by atomic mass is 79.9. The number of amides is 1. The van der Waals surface area contributed by atoms with Gasteiger partial charge >= 0.3 is 0 Å². The molecule has 0 bridgehead atoms. The van der Waals surface area contributed by atoms with Gasteiger partial charge in [-0.2, -0.15) is 0 Å². The summed E-state index contributed by atoms with van der Waals surface area (Å²) in [5.41, 5.74) is 1.86. The molecule has 0 fully saturated rings. The van der Waals surface area contributed by atoms with Crippen LogP contribution in [-0.2, 0) is 0 Å². The van der Waals surface area contributed by atoms with Crippen LogP contribution >= 0.6 is 27.3 Å². The number of nitrogens with zero attached hydrogens (tertiary/aromatic N) is 1. The van der Waals surface area contributed by atoms with Crippen LogP contribution in [0.25, 0.3) is 21.0 Å². The predicted molar refractivity (Wildman–Crippen MR) is 90.2 cm³/mol. The van der Waals surface area contributed by atoms with Gasteiger partial charge in [0.25, 0.3) is 5.91 Å². The van der Waals surface area contributed by atoms with Crippen LogP contribution in [0, 0.1) is 0 Å². The Balaban J connectivity index is 2.08. The van der Waals surface area contributed by atoms with Crippen LogP contribution in [0.4, 0.5) is 5.69 Å². The molecule has 1 amide bonds. The van der Waals surface area contributed by atoms with Crippen LogP contribution in [0.15, 0.2) is 28.9 Å². The monoisotopic (exact) mass is 361 g/mol. The first-order chi connectivity index (χ1) is 10.1. The number of carbonyl (C=O) groups excluding carboxylic acids is 1. The highest BCUT2D eigenvalue weighted by molar-refractivity contribution is 9.10. The van der Waals surface area contributed by atoms with Crippen molar-refractivity contribution in [2.45, 2.75) is 13.0 Å². The third kappa shape index (κ3) is 2.01. The predicted octanol–water partition coefficient (Wildman–Crippen LogP) is 3.76. The summed E-state index contributed by atoms with van der Waals surface area (Å²) in [5, 5.41) is 8.59. The fraction of sp³-hybridized carbons (Fsp3) is 0.200. The summed E-state index contributed by atoms with van der Waals surface area (Å²) in [7, 11) is 0. The summed E-state index contributed by atoms with van der Waals surface area (Å²) < 4.78 is 1.92. The van der Waals surface area contributed by atoms with Crippen molar-refractivity contribution in [2.75, 3.05) is 11.9 Å². The van der Waals surface area contributed by atoms with Gasteiger partial charge in [-0.15, -0.1) is 11.3 Å². The second-order valence-corrected chi connectivity index (χ2v) is 7.07. The molecule has 0 saturated carbocycles. The summed E-state index contributed by atoms with van der Waals surface area (Å²) in [4.78, 5) is 17.6. The van der Waals surface area contributed by atoms with E-state index in [1.807, 2.05) is 25.1 Å². The number of fused-ring (bicyclic) bond motifs is 5. The summed E-state index contributed by atoms with van der Waals surface area (Å²) >= 11 is 4.93. The zero-order chi connectivity index (χ0) is 14.6. The minimum atomic E-state index is 0.00178. The maximum absolute atomic E-state index is 12.3. The summed E-state index contributed by atoms with van der Waals surface area (Å²) in [6.07, 6.45) is 0. The Bertz CT molecular complexity index is 889. The molecule has 0 spiro atoms. The molecular formula is C15H12BrN3OS. The van der Waals surface area contributed by atoms with Crippen LogP contribution < -0.4 is 10.6 Å². The van der Waals surface area contributed by atoms with Crippen LogP contribution in [0.1, 0.15) is 16.6 Å². The van der Waals surface area contributed by atoms with Crippen molar-refractivity contribution in [3.8, 4) is 0 Å². The van der Waals surface area contributed by atoms with Gasteiger partial charge < -0.3 is 10.6 Å². The van der Waals surface area contributed by atoms with E-state index in [2.05, 4.69) is 37.6 Å². The molecule has 1 aliphatic rings. The molecule has 4 rings (SSSR count). The molecule has 106 valence electrons. The van der Waals surface area contributed by atoms with Gasteiger partial charge in [0.05, 0.1) is 11.2 Å². The second-order valence-electron chi connectivity index (χ2n) is 5.20. The molecule has 0 unspecified atom stereocenters. The molecule has 0 radical (unpaired) electrons. The maximum Gasteiger partial charge on any atom is 0.263 e. The molecule has 1 aromatic carbocycles. The molecule has 21 heavy (non-hydrogen) atoms. The number of aromatic nitrogens is 1. The van der Waals surface area contributed by atoms with Gasteiger partial charge in [0.2, 0.25) is 0 Å². The standard InChI is InChI=1S/C15H12BrN3OS/c1-7-6-17-13-12-8-2-5-11(16)19-9(8)3-4-10(12)21-14(13)15(20)18-7/h2-5,7,17H,6H2,1H3,(H,18,20)/t7-/m1/s1. The van der Waals surface area contributed by atoms with E-state index in [-0.39, 0.29) is 11.9 Å². The third-order valence-electron chi connectivity index (χ3n) is 3.66. The molecular weight excluding hydrogens is 350 g/mol. The van der Waals surface area contributed by atoms with Gasteiger partial charge in [-0.3, -0.25) is 4.79 Å². The lowest BCUT2D eigenvalue weighted by molar-refractivity contribution is 0.0949. The van der Waals surface area contributed by atoms with Gasteiger partial charge in [0, 0.05) is 28.1 Å². The van der Waals surface area contributed by atoms with Crippen LogP contribution in [0.5, 0.6) is 0 Å². The maximum atomic E-state index is 12.3. The Hall–Kier alpha value is -1.66. The van der Waals surface area contributed by atoms with Crippen LogP contribution in [-0.4, -0.2) is 23.5 Å². The number of carbonyl (C=O) groups is 1.